The van der Waals surface area contributed by atoms with Crippen LogP contribution in [0.2, 0.25) is 0 Å². The third kappa shape index (κ3) is 5.12. The molecule has 114 valence electrons. The molecule has 0 unspecified atom stereocenters. The summed E-state index contributed by atoms with van der Waals surface area (Å²) in [6.07, 6.45) is 1.98. The van der Waals surface area contributed by atoms with Crippen LogP contribution in [0.1, 0.15) is 54.0 Å². The molecule has 0 aliphatic carbocycles. The molecule has 0 aliphatic rings. The predicted molar refractivity (Wildman–Crippen MR) is 88.4 cm³/mol. The standard InChI is InChI=1S/C17H31N3/c1-13(2)20(14(3)4)11-10-18-16-9-8-15(12-19-16)17(5,6)7/h8-9,12-14H,10-11H2,1-7H3,(H,18,19). The lowest BCUT2D eigenvalue weighted by Crippen LogP contribution is -2.40. The van der Waals surface area contributed by atoms with Crippen LogP contribution in [0, 0.1) is 0 Å². The Kier molecular flexibility index (Phi) is 6.00. The third-order valence-corrected chi connectivity index (χ3v) is 3.63. The molecular weight excluding hydrogens is 246 g/mol. The highest BCUT2D eigenvalue weighted by Gasteiger charge is 2.14. The van der Waals surface area contributed by atoms with E-state index in [2.05, 4.69) is 75.8 Å². The number of rotatable bonds is 6. The molecule has 0 bridgehead atoms. The topological polar surface area (TPSA) is 28.2 Å². The number of anilines is 1. The van der Waals surface area contributed by atoms with Crippen molar-refractivity contribution in [1.29, 1.82) is 0 Å². The fourth-order valence-corrected chi connectivity index (χ4v) is 2.37. The van der Waals surface area contributed by atoms with Crippen LogP contribution in [-0.4, -0.2) is 35.1 Å². The number of aromatic nitrogens is 1. The minimum absolute atomic E-state index is 0.164. The predicted octanol–water partition coefficient (Wildman–Crippen LogP) is 3.91. The second-order valence-electron chi connectivity index (χ2n) is 7.03. The number of pyridine rings is 1. The van der Waals surface area contributed by atoms with Crippen LogP contribution in [0.5, 0.6) is 0 Å². The molecule has 3 heteroatoms. The van der Waals surface area contributed by atoms with Crippen LogP contribution >= 0.6 is 0 Å². The minimum Gasteiger partial charge on any atom is -0.369 e. The summed E-state index contributed by atoms with van der Waals surface area (Å²) in [5, 5.41) is 3.41. The van der Waals surface area contributed by atoms with Gasteiger partial charge < -0.3 is 5.32 Å². The highest BCUT2D eigenvalue weighted by atomic mass is 15.2. The molecule has 0 amide bonds. The maximum atomic E-state index is 4.50. The van der Waals surface area contributed by atoms with E-state index in [0.29, 0.717) is 12.1 Å². The molecular formula is C17H31N3. The Balaban J connectivity index is 2.50. The first-order valence-electron chi connectivity index (χ1n) is 7.68. The van der Waals surface area contributed by atoms with Crippen molar-refractivity contribution < 1.29 is 0 Å². The Labute approximate surface area is 124 Å². The van der Waals surface area contributed by atoms with E-state index in [1.807, 2.05) is 6.20 Å². The van der Waals surface area contributed by atoms with E-state index in [9.17, 15) is 0 Å². The van der Waals surface area contributed by atoms with Crippen molar-refractivity contribution in [2.75, 3.05) is 18.4 Å². The second kappa shape index (κ2) is 7.07. The van der Waals surface area contributed by atoms with Crippen molar-refractivity contribution in [3.8, 4) is 0 Å². The van der Waals surface area contributed by atoms with Crippen molar-refractivity contribution in [2.24, 2.45) is 0 Å². The summed E-state index contributed by atoms with van der Waals surface area (Å²) in [5.41, 5.74) is 1.44. The van der Waals surface area contributed by atoms with Gasteiger partial charge in [-0.3, -0.25) is 4.90 Å². The zero-order valence-electron chi connectivity index (χ0n) is 14.2. The Morgan fingerprint density at radius 3 is 2.10 bits per heavy atom. The van der Waals surface area contributed by atoms with Crippen molar-refractivity contribution >= 4 is 5.82 Å². The maximum absolute atomic E-state index is 4.50. The molecule has 1 aromatic rings. The summed E-state index contributed by atoms with van der Waals surface area (Å²) in [5.74, 6) is 0.963. The third-order valence-electron chi connectivity index (χ3n) is 3.63. The summed E-state index contributed by atoms with van der Waals surface area (Å²) >= 11 is 0. The van der Waals surface area contributed by atoms with E-state index >= 15 is 0 Å². The molecule has 1 N–H and O–H groups in total. The summed E-state index contributed by atoms with van der Waals surface area (Å²) in [6.45, 7) is 17.6. The van der Waals surface area contributed by atoms with Crippen LogP contribution in [-0.2, 0) is 5.41 Å². The van der Waals surface area contributed by atoms with E-state index in [-0.39, 0.29) is 5.41 Å². The van der Waals surface area contributed by atoms with E-state index in [1.54, 1.807) is 0 Å². The average molecular weight is 277 g/mol. The van der Waals surface area contributed by atoms with Gasteiger partial charge in [0, 0.05) is 31.4 Å². The molecule has 0 fully saturated rings. The molecule has 1 aromatic heterocycles. The molecule has 0 aliphatic heterocycles. The Morgan fingerprint density at radius 2 is 1.70 bits per heavy atom. The molecule has 0 saturated heterocycles. The molecule has 0 spiro atoms. The normalized spacial score (nSPS) is 12.5. The first kappa shape index (κ1) is 17.0. The van der Waals surface area contributed by atoms with E-state index in [1.165, 1.54) is 5.56 Å². The lowest BCUT2D eigenvalue weighted by Gasteiger charge is -2.30. The molecule has 20 heavy (non-hydrogen) atoms. The van der Waals surface area contributed by atoms with Gasteiger partial charge in [-0.05, 0) is 44.7 Å². The van der Waals surface area contributed by atoms with Crippen LogP contribution in [0.3, 0.4) is 0 Å². The van der Waals surface area contributed by atoms with Crippen LogP contribution in [0.15, 0.2) is 18.3 Å². The molecule has 0 aromatic carbocycles. The van der Waals surface area contributed by atoms with Crippen molar-refractivity contribution in [2.45, 2.75) is 66.0 Å². The van der Waals surface area contributed by atoms with Crippen LogP contribution in [0.4, 0.5) is 5.82 Å². The lowest BCUT2D eigenvalue weighted by molar-refractivity contribution is 0.182. The first-order valence-corrected chi connectivity index (χ1v) is 7.68. The van der Waals surface area contributed by atoms with Gasteiger partial charge in [0.1, 0.15) is 5.82 Å². The summed E-state index contributed by atoms with van der Waals surface area (Å²) in [6, 6.07) is 5.40. The Morgan fingerprint density at radius 1 is 1.10 bits per heavy atom. The quantitative estimate of drug-likeness (QED) is 0.854. The molecule has 1 rings (SSSR count). The maximum Gasteiger partial charge on any atom is 0.125 e. The lowest BCUT2D eigenvalue weighted by atomic mass is 9.88. The zero-order valence-corrected chi connectivity index (χ0v) is 14.2. The van der Waals surface area contributed by atoms with Gasteiger partial charge >= 0.3 is 0 Å². The van der Waals surface area contributed by atoms with Crippen molar-refractivity contribution in [1.82, 2.24) is 9.88 Å². The van der Waals surface area contributed by atoms with Gasteiger partial charge in [-0.15, -0.1) is 0 Å². The van der Waals surface area contributed by atoms with Gasteiger partial charge in [0.05, 0.1) is 0 Å². The number of hydrogen-bond donors (Lipinski definition) is 1. The van der Waals surface area contributed by atoms with Gasteiger partial charge in [0.2, 0.25) is 0 Å². The number of nitrogens with one attached hydrogen (secondary N) is 1. The van der Waals surface area contributed by atoms with Crippen molar-refractivity contribution in [3.05, 3.63) is 23.9 Å². The van der Waals surface area contributed by atoms with Gasteiger partial charge in [0.15, 0.2) is 0 Å². The molecule has 0 saturated carbocycles. The Bertz CT molecular complexity index is 380. The Hall–Kier alpha value is -1.09. The minimum atomic E-state index is 0.164. The fraction of sp³-hybridized carbons (Fsp3) is 0.706. The smallest absolute Gasteiger partial charge is 0.125 e. The first-order chi connectivity index (χ1) is 9.21. The second-order valence-corrected chi connectivity index (χ2v) is 7.03. The summed E-state index contributed by atoms with van der Waals surface area (Å²) < 4.78 is 0. The zero-order chi connectivity index (χ0) is 15.3. The summed E-state index contributed by atoms with van der Waals surface area (Å²) in [7, 11) is 0. The highest BCUT2D eigenvalue weighted by molar-refractivity contribution is 5.37. The van der Waals surface area contributed by atoms with E-state index < -0.39 is 0 Å². The van der Waals surface area contributed by atoms with Gasteiger partial charge in [0.25, 0.3) is 0 Å². The molecule has 1 heterocycles. The molecule has 3 nitrogen and oxygen atoms in total. The molecule has 0 atom stereocenters. The van der Waals surface area contributed by atoms with E-state index in [0.717, 1.165) is 18.9 Å². The average Bonchev–Trinajstić information content (AvgIpc) is 2.33. The van der Waals surface area contributed by atoms with Crippen LogP contribution < -0.4 is 5.32 Å². The van der Waals surface area contributed by atoms with Crippen molar-refractivity contribution in [3.63, 3.8) is 0 Å². The highest BCUT2D eigenvalue weighted by Crippen LogP contribution is 2.21. The van der Waals surface area contributed by atoms with Gasteiger partial charge in [-0.2, -0.15) is 0 Å². The molecule has 0 radical (unpaired) electrons. The fourth-order valence-electron chi connectivity index (χ4n) is 2.37. The van der Waals surface area contributed by atoms with Gasteiger partial charge in [-0.1, -0.05) is 26.8 Å². The van der Waals surface area contributed by atoms with Crippen LogP contribution in [0.25, 0.3) is 0 Å². The van der Waals surface area contributed by atoms with E-state index in [4.69, 9.17) is 0 Å². The SMILES string of the molecule is CC(C)N(CCNc1ccc(C(C)(C)C)cn1)C(C)C. The van der Waals surface area contributed by atoms with Gasteiger partial charge in [-0.25, -0.2) is 4.98 Å². The largest absolute Gasteiger partial charge is 0.369 e. The number of hydrogen-bond acceptors (Lipinski definition) is 3. The summed E-state index contributed by atoms with van der Waals surface area (Å²) in [4.78, 5) is 6.98. The number of nitrogens with zero attached hydrogens (tertiary/aromatic N) is 2. The monoisotopic (exact) mass is 277 g/mol.